The van der Waals surface area contributed by atoms with Crippen LogP contribution in [-0.2, 0) is 4.79 Å². The van der Waals surface area contributed by atoms with Crippen molar-refractivity contribution in [2.24, 2.45) is 0 Å². The number of anilines is 1. The van der Waals surface area contributed by atoms with Gasteiger partial charge in [-0.05, 0) is 29.8 Å². The maximum atomic E-state index is 11.8. The van der Waals surface area contributed by atoms with Gasteiger partial charge in [0.1, 0.15) is 0 Å². The van der Waals surface area contributed by atoms with E-state index in [9.17, 15) is 9.59 Å². The van der Waals surface area contributed by atoms with Gasteiger partial charge in [-0.25, -0.2) is 4.79 Å². The molecule has 0 unspecified atom stereocenters. The van der Waals surface area contributed by atoms with E-state index in [1.165, 1.54) is 24.3 Å². The number of hydrogen-bond donors (Lipinski definition) is 2. The predicted octanol–water partition coefficient (Wildman–Crippen LogP) is 3.69. The molecule has 0 bridgehead atoms. The van der Waals surface area contributed by atoms with Crippen LogP contribution in [0.15, 0.2) is 54.6 Å². The van der Waals surface area contributed by atoms with Crippen LogP contribution >= 0.6 is 11.6 Å². The highest BCUT2D eigenvalue weighted by Crippen LogP contribution is 2.21. The molecule has 2 N–H and O–H groups in total. The molecule has 0 fully saturated rings. The zero-order chi connectivity index (χ0) is 15.2. The van der Waals surface area contributed by atoms with Crippen molar-refractivity contribution in [2.45, 2.75) is 0 Å². The van der Waals surface area contributed by atoms with E-state index in [-0.39, 0.29) is 16.5 Å². The van der Waals surface area contributed by atoms with Crippen LogP contribution in [0.1, 0.15) is 15.9 Å². The van der Waals surface area contributed by atoms with Gasteiger partial charge in [0, 0.05) is 11.8 Å². The Bertz CT molecular complexity index is 696. The largest absolute Gasteiger partial charge is 0.478 e. The van der Waals surface area contributed by atoms with E-state index in [0.29, 0.717) is 5.69 Å². The number of nitrogens with one attached hydrogen (secondary N) is 1. The van der Waals surface area contributed by atoms with E-state index in [0.717, 1.165) is 5.56 Å². The Hall–Kier alpha value is -2.59. The summed E-state index contributed by atoms with van der Waals surface area (Å²) in [6.45, 7) is 0. The number of hydrogen-bond acceptors (Lipinski definition) is 2. The third-order valence-corrected chi connectivity index (χ3v) is 3.01. The number of benzene rings is 2. The number of carboxylic acid groups (broad SMARTS) is 1. The summed E-state index contributed by atoms with van der Waals surface area (Å²) in [5.41, 5.74) is 1.34. The van der Waals surface area contributed by atoms with Gasteiger partial charge >= 0.3 is 5.97 Å². The van der Waals surface area contributed by atoms with Crippen molar-refractivity contribution in [3.63, 3.8) is 0 Å². The summed E-state index contributed by atoms with van der Waals surface area (Å²) in [7, 11) is 0. The van der Waals surface area contributed by atoms with Crippen LogP contribution in [0.4, 0.5) is 5.69 Å². The summed E-state index contributed by atoms with van der Waals surface area (Å²) in [4.78, 5) is 22.6. The van der Waals surface area contributed by atoms with Gasteiger partial charge in [0.05, 0.1) is 10.6 Å². The monoisotopic (exact) mass is 301 g/mol. The molecule has 1 amide bonds. The molecule has 0 aliphatic rings. The normalized spacial score (nSPS) is 10.5. The maximum absolute atomic E-state index is 11.8. The third kappa shape index (κ3) is 4.19. The molecule has 4 nitrogen and oxygen atoms in total. The average molecular weight is 302 g/mol. The second-order valence-electron chi connectivity index (χ2n) is 4.23. The van der Waals surface area contributed by atoms with Crippen molar-refractivity contribution in [2.75, 3.05) is 5.32 Å². The molecule has 2 aromatic carbocycles. The first-order valence-corrected chi connectivity index (χ1v) is 6.51. The predicted molar refractivity (Wildman–Crippen MR) is 82.5 cm³/mol. The van der Waals surface area contributed by atoms with Gasteiger partial charge in [0.2, 0.25) is 5.91 Å². The number of rotatable bonds is 4. The lowest BCUT2D eigenvalue weighted by atomic mass is 10.2. The van der Waals surface area contributed by atoms with E-state index in [1.54, 1.807) is 6.08 Å². The van der Waals surface area contributed by atoms with E-state index in [2.05, 4.69) is 5.32 Å². The van der Waals surface area contributed by atoms with E-state index < -0.39 is 5.97 Å². The molecular weight excluding hydrogens is 290 g/mol. The number of halogens is 1. The van der Waals surface area contributed by atoms with Gasteiger partial charge in [0.25, 0.3) is 0 Å². The topological polar surface area (TPSA) is 66.4 Å². The fourth-order valence-electron chi connectivity index (χ4n) is 1.69. The Morgan fingerprint density at radius 3 is 2.43 bits per heavy atom. The molecule has 0 aliphatic carbocycles. The highest BCUT2D eigenvalue weighted by molar-refractivity contribution is 6.33. The van der Waals surface area contributed by atoms with Gasteiger partial charge in [-0.3, -0.25) is 4.79 Å². The molecular formula is C16H12ClNO3. The molecule has 0 saturated carbocycles. The molecule has 0 heterocycles. The molecule has 0 aromatic heterocycles. The van der Waals surface area contributed by atoms with Crippen LogP contribution in [0.2, 0.25) is 5.02 Å². The quantitative estimate of drug-likeness (QED) is 0.846. The van der Waals surface area contributed by atoms with Crippen molar-refractivity contribution in [3.05, 3.63) is 70.8 Å². The van der Waals surface area contributed by atoms with E-state index in [1.807, 2.05) is 30.3 Å². The minimum atomic E-state index is -1.11. The molecule has 5 heteroatoms. The Labute approximate surface area is 126 Å². The highest BCUT2D eigenvalue weighted by atomic mass is 35.5. The van der Waals surface area contributed by atoms with Crippen molar-refractivity contribution in [3.8, 4) is 0 Å². The molecule has 0 saturated heterocycles. The minimum absolute atomic E-state index is 0.00510. The molecule has 106 valence electrons. The lowest BCUT2D eigenvalue weighted by Crippen LogP contribution is -2.08. The summed E-state index contributed by atoms with van der Waals surface area (Å²) in [6.07, 6.45) is 3.08. The van der Waals surface area contributed by atoms with Gasteiger partial charge < -0.3 is 10.4 Å². The maximum Gasteiger partial charge on any atom is 0.337 e. The van der Waals surface area contributed by atoms with Crippen LogP contribution in [-0.4, -0.2) is 17.0 Å². The second kappa shape index (κ2) is 6.72. The zero-order valence-corrected chi connectivity index (χ0v) is 11.7. The molecule has 0 spiro atoms. The standard InChI is InChI=1S/C16H12ClNO3/c17-14-10-12(7-8-13(14)16(20)21)18-15(19)9-6-11-4-2-1-3-5-11/h1-10H,(H,18,19)(H,20,21). The van der Waals surface area contributed by atoms with Crippen molar-refractivity contribution < 1.29 is 14.7 Å². The first kappa shape index (κ1) is 14.8. The van der Waals surface area contributed by atoms with E-state index >= 15 is 0 Å². The Morgan fingerprint density at radius 1 is 1.10 bits per heavy atom. The third-order valence-electron chi connectivity index (χ3n) is 2.69. The summed E-state index contributed by atoms with van der Waals surface area (Å²) in [5, 5.41) is 11.6. The fraction of sp³-hybridized carbons (Fsp3) is 0. The number of carbonyl (C=O) groups is 2. The number of carbonyl (C=O) groups excluding carboxylic acids is 1. The van der Waals surface area contributed by atoms with E-state index in [4.69, 9.17) is 16.7 Å². The smallest absolute Gasteiger partial charge is 0.337 e. The van der Waals surface area contributed by atoms with Gasteiger partial charge in [-0.2, -0.15) is 0 Å². The Balaban J connectivity index is 2.05. The summed E-state index contributed by atoms with van der Waals surface area (Å²) < 4.78 is 0. The highest BCUT2D eigenvalue weighted by Gasteiger charge is 2.09. The molecule has 2 rings (SSSR count). The first-order chi connectivity index (χ1) is 10.1. The number of carboxylic acids is 1. The average Bonchev–Trinajstić information content (AvgIpc) is 2.46. The van der Waals surface area contributed by atoms with Crippen LogP contribution in [0.3, 0.4) is 0 Å². The number of amides is 1. The molecule has 2 aromatic rings. The fourth-order valence-corrected chi connectivity index (χ4v) is 1.95. The van der Waals surface area contributed by atoms with Crippen LogP contribution in [0.5, 0.6) is 0 Å². The summed E-state index contributed by atoms with van der Waals surface area (Å²) >= 11 is 5.83. The van der Waals surface area contributed by atoms with Crippen LogP contribution < -0.4 is 5.32 Å². The SMILES string of the molecule is O=C(C=Cc1ccccc1)Nc1ccc(C(=O)O)c(Cl)c1. The van der Waals surface area contributed by atoms with Crippen LogP contribution in [0, 0.1) is 0 Å². The lowest BCUT2D eigenvalue weighted by molar-refractivity contribution is -0.111. The molecule has 0 radical (unpaired) electrons. The van der Waals surface area contributed by atoms with Gasteiger partial charge in [-0.15, -0.1) is 0 Å². The molecule has 21 heavy (non-hydrogen) atoms. The summed E-state index contributed by atoms with van der Waals surface area (Å²) in [5.74, 6) is -1.43. The first-order valence-electron chi connectivity index (χ1n) is 6.13. The lowest BCUT2D eigenvalue weighted by Gasteiger charge is -2.04. The van der Waals surface area contributed by atoms with Crippen LogP contribution in [0.25, 0.3) is 6.08 Å². The second-order valence-corrected chi connectivity index (χ2v) is 4.64. The molecule has 0 atom stereocenters. The van der Waals surface area contributed by atoms with Gasteiger partial charge in [-0.1, -0.05) is 41.9 Å². The van der Waals surface area contributed by atoms with Crippen molar-refractivity contribution in [1.29, 1.82) is 0 Å². The van der Waals surface area contributed by atoms with Crippen molar-refractivity contribution >= 4 is 35.2 Å². The minimum Gasteiger partial charge on any atom is -0.478 e. The van der Waals surface area contributed by atoms with Gasteiger partial charge in [0.15, 0.2) is 0 Å². The van der Waals surface area contributed by atoms with Crippen molar-refractivity contribution in [1.82, 2.24) is 0 Å². The number of aromatic carboxylic acids is 1. The Kier molecular flexibility index (Phi) is 4.74. The summed E-state index contributed by atoms with van der Waals surface area (Å²) in [6, 6.07) is 13.6. The molecule has 0 aliphatic heterocycles. The Morgan fingerprint density at radius 2 is 1.81 bits per heavy atom. The zero-order valence-electron chi connectivity index (χ0n) is 10.9.